The van der Waals surface area contributed by atoms with Crippen molar-refractivity contribution in [3.8, 4) is 22.6 Å². The van der Waals surface area contributed by atoms with Gasteiger partial charge in [0, 0.05) is 37.5 Å². The number of aromatic hydroxyl groups is 1. The maximum atomic E-state index is 11.3. The lowest BCUT2D eigenvalue weighted by atomic mass is 9.89. The number of piperidine rings is 1. The summed E-state index contributed by atoms with van der Waals surface area (Å²) in [6.45, 7) is 2.57. The Labute approximate surface area is 170 Å². The van der Waals surface area contributed by atoms with E-state index < -0.39 is 11.7 Å². The third kappa shape index (κ3) is 3.36. The van der Waals surface area contributed by atoms with Gasteiger partial charge in [0.15, 0.2) is 0 Å². The smallest absolute Gasteiger partial charge is 0.252 e. The van der Waals surface area contributed by atoms with Crippen LogP contribution >= 0.6 is 0 Å². The minimum atomic E-state index is -0.644. The van der Waals surface area contributed by atoms with Crippen molar-refractivity contribution < 1.29 is 19.4 Å². The Balaban J connectivity index is 1.32. The molecule has 2 heterocycles. The van der Waals surface area contributed by atoms with Crippen LogP contribution in [0.2, 0.25) is 0 Å². The van der Waals surface area contributed by atoms with Crippen molar-refractivity contribution in [1.29, 1.82) is 0 Å². The average Bonchev–Trinajstić information content (AvgIpc) is 2.68. The Morgan fingerprint density at radius 3 is 2.48 bits per heavy atom. The number of hydrogen-bond acceptors (Lipinski definition) is 5. The highest BCUT2D eigenvalue weighted by Gasteiger charge is 2.42. The average molecular weight is 394 g/mol. The van der Waals surface area contributed by atoms with Gasteiger partial charge in [0.25, 0.3) is 5.91 Å². The van der Waals surface area contributed by atoms with Crippen LogP contribution in [0.3, 0.4) is 0 Å². The number of rotatable bonds is 3. The number of benzene rings is 2. The second-order valence-corrected chi connectivity index (χ2v) is 8.34. The molecule has 1 saturated heterocycles. The number of hydrogen-bond donors (Lipinski definition) is 2. The quantitative estimate of drug-likeness (QED) is 0.833. The van der Waals surface area contributed by atoms with E-state index in [2.05, 4.69) is 4.90 Å². The molecular formula is C23H26N2O4. The van der Waals surface area contributed by atoms with Crippen molar-refractivity contribution in [2.24, 2.45) is 5.73 Å². The lowest BCUT2D eigenvalue weighted by molar-refractivity contribution is -0.231. The Bertz CT molecular complexity index is 946. The molecule has 1 saturated carbocycles. The molecule has 2 fully saturated rings. The van der Waals surface area contributed by atoms with Gasteiger partial charge in [-0.15, -0.1) is 0 Å². The molecule has 29 heavy (non-hydrogen) atoms. The molecule has 5 rings (SSSR count). The van der Waals surface area contributed by atoms with Crippen LogP contribution in [0.25, 0.3) is 11.1 Å². The van der Waals surface area contributed by atoms with Gasteiger partial charge in [0.1, 0.15) is 11.5 Å². The summed E-state index contributed by atoms with van der Waals surface area (Å²) in [5, 5.41) is 10.1. The van der Waals surface area contributed by atoms with Crippen LogP contribution in [0.1, 0.15) is 48.0 Å². The van der Waals surface area contributed by atoms with E-state index in [9.17, 15) is 9.90 Å². The molecular weight excluding hydrogens is 368 g/mol. The van der Waals surface area contributed by atoms with Gasteiger partial charge in [-0.2, -0.15) is 0 Å². The number of nitrogens with two attached hydrogens (primary N) is 1. The Hall–Kier alpha value is -2.57. The van der Waals surface area contributed by atoms with E-state index in [-0.39, 0.29) is 11.3 Å². The van der Waals surface area contributed by atoms with Gasteiger partial charge in [0.05, 0.1) is 12.2 Å². The first kappa shape index (κ1) is 18.5. The van der Waals surface area contributed by atoms with E-state index in [1.807, 2.05) is 18.2 Å². The molecule has 3 aliphatic rings. The number of phenols is 1. The molecule has 0 unspecified atom stereocenters. The highest BCUT2D eigenvalue weighted by Crippen LogP contribution is 2.40. The number of fused-ring (bicyclic) bond motifs is 1. The zero-order valence-electron chi connectivity index (χ0n) is 16.4. The van der Waals surface area contributed by atoms with Gasteiger partial charge in [-0.1, -0.05) is 18.6 Å². The predicted octanol–water partition coefficient (Wildman–Crippen LogP) is 3.41. The van der Waals surface area contributed by atoms with Gasteiger partial charge < -0.3 is 20.3 Å². The molecule has 0 bridgehead atoms. The fourth-order valence-corrected chi connectivity index (χ4v) is 4.56. The normalized spacial score (nSPS) is 21.2. The van der Waals surface area contributed by atoms with Gasteiger partial charge >= 0.3 is 0 Å². The van der Waals surface area contributed by atoms with Crippen molar-refractivity contribution in [1.82, 2.24) is 4.90 Å². The Kier molecular flexibility index (Phi) is 4.48. The number of carbonyl (C=O) groups excluding carboxylic acids is 1. The van der Waals surface area contributed by atoms with Crippen molar-refractivity contribution >= 4 is 5.91 Å². The minimum absolute atomic E-state index is 0.114. The Morgan fingerprint density at radius 1 is 1.10 bits per heavy atom. The van der Waals surface area contributed by atoms with Crippen LogP contribution in [0, 0.1) is 0 Å². The second kappa shape index (κ2) is 7.04. The van der Waals surface area contributed by atoms with Crippen LogP contribution in [0.5, 0.6) is 11.5 Å². The van der Waals surface area contributed by atoms with Crippen LogP contribution in [-0.2, 0) is 11.3 Å². The molecule has 6 heteroatoms. The largest absolute Gasteiger partial charge is 0.507 e. The van der Waals surface area contributed by atoms with Crippen molar-refractivity contribution in [3.63, 3.8) is 0 Å². The fourth-order valence-electron chi connectivity index (χ4n) is 4.56. The van der Waals surface area contributed by atoms with Gasteiger partial charge in [-0.05, 0) is 48.2 Å². The molecule has 1 aliphatic carbocycles. The molecule has 3 N–H and O–H groups in total. The molecule has 0 atom stereocenters. The van der Waals surface area contributed by atoms with Crippen LogP contribution < -0.4 is 10.5 Å². The van der Waals surface area contributed by atoms with E-state index in [1.54, 1.807) is 18.2 Å². The van der Waals surface area contributed by atoms with Crippen molar-refractivity contribution in [2.75, 3.05) is 13.1 Å². The molecule has 2 aromatic carbocycles. The van der Waals surface area contributed by atoms with Crippen molar-refractivity contribution in [3.05, 3.63) is 47.5 Å². The summed E-state index contributed by atoms with van der Waals surface area (Å²) in [5.74, 6) is -0.390. The first-order chi connectivity index (χ1) is 14.0. The minimum Gasteiger partial charge on any atom is -0.507 e. The van der Waals surface area contributed by atoms with Gasteiger partial charge in [-0.3, -0.25) is 9.69 Å². The maximum absolute atomic E-state index is 11.3. The number of likely N-dealkylation sites (tertiary alicyclic amines) is 1. The first-order valence-electron chi connectivity index (χ1n) is 10.4. The van der Waals surface area contributed by atoms with Gasteiger partial charge in [0.2, 0.25) is 5.79 Å². The molecule has 0 radical (unpaired) electrons. The number of nitrogens with zero attached hydrogens (tertiary/aromatic N) is 1. The molecule has 0 aromatic heterocycles. The van der Waals surface area contributed by atoms with Crippen LogP contribution in [-0.4, -0.2) is 40.8 Å². The Morgan fingerprint density at radius 2 is 1.83 bits per heavy atom. The van der Waals surface area contributed by atoms with E-state index in [0.29, 0.717) is 6.61 Å². The summed E-state index contributed by atoms with van der Waals surface area (Å²) in [6.07, 6.45) is 5.81. The number of amides is 1. The maximum Gasteiger partial charge on any atom is 0.252 e. The lowest BCUT2D eigenvalue weighted by Crippen LogP contribution is -2.54. The monoisotopic (exact) mass is 394 g/mol. The molecule has 6 nitrogen and oxygen atoms in total. The SMILES string of the molecule is NC(=O)c1ccc(-c2ccc3c(c2)COC2(CCN(C4CCC4)CC2)O3)cc1O. The zero-order chi connectivity index (χ0) is 20.0. The first-order valence-corrected chi connectivity index (χ1v) is 10.4. The highest BCUT2D eigenvalue weighted by molar-refractivity contribution is 5.96. The number of carbonyl (C=O) groups is 1. The summed E-state index contributed by atoms with van der Waals surface area (Å²) in [5.41, 5.74) is 8.11. The molecule has 2 aromatic rings. The summed E-state index contributed by atoms with van der Waals surface area (Å²) >= 11 is 0. The summed E-state index contributed by atoms with van der Waals surface area (Å²) in [6, 6.07) is 11.6. The molecule has 1 spiro atoms. The molecule has 1 amide bonds. The summed E-state index contributed by atoms with van der Waals surface area (Å²) in [4.78, 5) is 13.9. The van der Waals surface area contributed by atoms with E-state index in [0.717, 1.165) is 54.4 Å². The molecule has 2 aliphatic heterocycles. The second-order valence-electron chi connectivity index (χ2n) is 8.34. The molecule has 152 valence electrons. The third-order valence-corrected chi connectivity index (χ3v) is 6.59. The number of ether oxygens (including phenoxy) is 2. The van der Waals surface area contributed by atoms with E-state index in [4.69, 9.17) is 15.2 Å². The standard InChI is InChI=1S/C23H26N2O4/c24-22(27)19-6-4-16(13-20(19)26)15-5-7-21-17(12-15)14-28-23(29-21)8-10-25(11-9-23)18-2-1-3-18/h4-7,12-13,18,26H,1-3,8-11,14H2,(H2,24,27). The van der Waals surface area contributed by atoms with E-state index >= 15 is 0 Å². The third-order valence-electron chi connectivity index (χ3n) is 6.59. The van der Waals surface area contributed by atoms with Crippen molar-refractivity contribution in [2.45, 2.75) is 50.5 Å². The van der Waals surface area contributed by atoms with Crippen LogP contribution in [0.4, 0.5) is 0 Å². The summed E-state index contributed by atoms with van der Waals surface area (Å²) < 4.78 is 12.6. The topological polar surface area (TPSA) is 85.0 Å². The summed E-state index contributed by atoms with van der Waals surface area (Å²) in [7, 11) is 0. The zero-order valence-corrected chi connectivity index (χ0v) is 16.4. The van der Waals surface area contributed by atoms with Gasteiger partial charge in [-0.25, -0.2) is 0 Å². The lowest BCUT2D eigenvalue weighted by Gasteiger charge is -2.47. The van der Waals surface area contributed by atoms with E-state index in [1.165, 1.54) is 19.3 Å². The fraction of sp³-hybridized carbons (Fsp3) is 0.435. The highest BCUT2D eigenvalue weighted by atomic mass is 16.7. The predicted molar refractivity (Wildman–Crippen MR) is 109 cm³/mol. The number of primary amides is 1. The van der Waals surface area contributed by atoms with Crippen LogP contribution in [0.15, 0.2) is 36.4 Å².